The lowest BCUT2D eigenvalue weighted by Gasteiger charge is -2.61. The second-order valence-corrected chi connectivity index (χ2v) is 11.9. The third-order valence-electron chi connectivity index (χ3n) is 9.46. The molecule has 0 aromatic carbocycles. The summed E-state index contributed by atoms with van der Waals surface area (Å²) in [7, 11) is 0. The molecular formula is C26H36N2O4S. The fourth-order valence-corrected chi connectivity index (χ4v) is 7.80. The summed E-state index contributed by atoms with van der Waals surface area (Å²) in [5, 5.41) is 20.1. The predicted molar refractivity (Wildman–Crippen MR) is 127 cm³/mol. The molecule has 3 aliphatic carbocycles. The van der Waals surface area contributed by atoms with Crippen molar-refractivity contribution in [2.75, 3.05) is 5.75 Å². The Labute approximate surface area is 201 Å². The van der Waals surface area contributed by atoms with Gasteiger partial charge in [0, 0.05) is 29.4 Å². The average Bonchev–Trinajstić information content (AvgIpc) is 3.17. The lowest BCUT2D eigenvalue weighted by molar-refractivity contribution is -0.205. The van der Waals surface area contributed by atoms with Crippen LogP contribution in [-0.4, -0.2) is 45.0 Å². The number of Topliss-reactive ketones (excluding diaryl/α,β-unsaturated/α-hetero) is 1. The number of aliphatic hydroxyl groups is 1. The van der Waals surface area contributed by atoms with Crippen LogP contribution in [0.25, 0.3) is 0 Å². The molecule has 8 atom stereocenters. The minimum atomic E-state index is -0.656. The van der Waals surface area contributed by atoms with E-state index in [4.69, 9.17) is 4.74 Å². The minimum absolute atomic E-state index is 0.0346. The van der Waals surface area contributed by atoms with Gasteiger partial charge in [-0.25, -0.2) is 0 Å². The van der Waals surface area contributed by atoms with Crippen LogP contribution in [0, 0.1) is 34.0 Å². The number of rotatable bonds is 5. The van der Waals surface area contributed by atoms with Gasteiger partial charge < -0.3 is 9.84 Å². The first-order valence-electron chi connectivity index (χ1n) is 12.0. The number of hydrogen-bond acceptors (Lipinski definition) is 7. The molecule has 1 aromatic heterocycles. The van der Waals surface area contributed by atoms with Crippen LogP contribution >= 0.6 is 11.8 Å². The van der Waals surface area contributed by atoms with Crippen molar-refractivity contribution in [3.8, 4) is 0 Å². The van der Waals surface area contributed by atoms with Gasteiger partial charge in [0.25, 0.3) is 0 Å². The summed E-state index contributed by atoms with van der Waals surface area (Å²) in [5.41, 5.74) is -1.37. The van der Waals surface area contributed by atoms with Crippen molar-refractivity contribution < 1.29 is 19.4 Å². The zero-order chi connectivity index (χ0) is 24.0. The molecule has 4 rings (SSSR count). The highest BCUT2D eigenvalue weighted by molar-refractivity contribution is 7.99. The summed E-state index contributed by atoms with van der Waals surface area (Å²) in [6.45, 7) is 12.5. The number of ketones is 1. The van der Waals surface area contributed by atoms with Crippen molar-refractivity contribution in [3.05, 3.63) is 31.0 Å². The van der Waals surface area contributed by atoms with Crippen molar-refractivity contribution >= 4 is 23.5 Å². The summed E-state index contributed by atoms with van der Waals surface area (Å²) in [5.74, 6) is 0.0265. The summed E-state index contributed by atoms with van der Waals surface area (Å²) >= 11 is 1.29. The van der Waals surface area contributed by atoms with Gasteiger partial charge in [-0.3, -0.25) is 9.59 Å². The first kappa shape index (κ1) is 24.4. The third-order valence-corrected chi connectivity index (χ3v) is 10.4. The summed E-state index contributed by atoms with van der Waals surface area (Å²) < 4.78 is 6.22. The molecule has 0 aliphatic heterocycles. The Morgan fingerprint density at radius 1 is 1.36 bits per heavy atom. The van der Waals surface area contributed by atoms with E-state index in [2.05, 4.69) is 37.5 Å². The van der Waals surface area contributed by atoms with Crippen molar-refractivity contribution in [1.82, 2.24) is 10.2 Å². The molecule has 7 heteroatoms. The Balaban J connectivity index is 1.70. The summed E-state index contributed by atoms with van der Waals surface area (Å²) in [4.78, 5) is 26.4. The molecule has 3 fully saturated rings. The quantitative estimate of drug-likeness (QED) is 0.384. The van der Waals surface area contributed by atoms with Gasteiger partial charge in [0.1, 0.15) is 16.9 Å². The van der Waals surface area contributed by atoms with Gasteiger partial charge in [0.15, 0.2) is 0 Å². The van der Waals surface area contributed by atoms with E-state index < -0.39 is 23.0 Å². The number of esters is 1. The van der Waals surface area contributed by atoms with Crippen molar-refractivity contribution in [2.45, 2.75) is 77.0 Å². The van der Waals surface area contributed by atoms with Crippen LogP contribution in [0.5, 0.6) is 0 Å². The molecule has 1 N–H and O–H groups in total. The van der Waals surface area contributed by atoms with Crippen molar-refractivity contribution in [2.24, 2.45) is 34.0 Å². The second-order valence-electron chi connectivity index (χ2n) is 10.9. The van der Waals surface area contributed by atoms with Gasteiger partial charge >= 0.3 is 5.97 Å². The Kier molecular flexibility index (Phi) is 6.51. The largest absolute Gasteiger partial charge is 0.461 e. The zero-order valence-electron chi connectivity index (χ0n) is 20.1. The van der Waals surface area contributed by atoms with E-state index in [1.807, 2.05) is 19.1 Å². The maximum atomic E-state index is 13.4. The van der Waals surface area contributed by atoms with Crippen LogP contribution in [0.15, 0.2) is 36.0 Å². The molecular weight excluding hydrogens is 436 g/mol. The number of nitrogens with zero attached hydrogens (tertiary/aromatic N) is 2. The molecule has 1 heterocycles. The number of thioether (sulfide) groups is 1. The Bertz CT molecular complexity index is 926. The lowest BCUT2D eigenvalue weighted by atomic mass is 9.44. The first-order valence-corrected chi connectivity index (χ1v) is 13.0. The molecule has 2 bridgehead atoms. The van der Waals surface area contributed by atoms with E-state index in [9.17, 15) is 14.7 Å². The lowest BCUT2D eigenvalue weighted by Crippen LogP contribution is -2.63. The minimum Gasteiger partial charge on any atom is -0.461 e. The van der Waals surface area contributed by atoms with Gasteiger partial charge in [-0.05, 0) is 55.1 Å². The fraction of sp³-hybridized carbons (Fsp3) is 0.692. The number of ether oxygens (including phenoxy) is 1. The molecule has 0 spiro atoms. The molecule has 0 amide bonds. The highest BCUT2D eigenvalue weighted by atomic mass is 32.2. The predicted octanol–water partition coefficient (Wildman–Crippen LogP) is 4.48. The highest BCUT2D eigenvalue weighted by Gasteiger charge is 2.68. The zero-order valence-corrected chi connectivity index (χ0v) is 20.9. The molecule has 1 aromatic rings. The van der Waals surface area contributed by atoms with E-state index >= 15 is 0 Å². The van der Waals surface area contributed by atoms with Crippen LogP contribution in [0.2, 0.25) is 0 Å². The van der Waals surface area contributed by atoms with Gasteiger partial charge in [-0.15, -0.1) is 11.7 Å². The number of carbonyl (C=O) groups is 2. The van der Waals surface area contributed by atoms with E-state index in [0.717, 1.165) is 19.3 Å². The molecule has 6 nitrogen and oxygen atoms in total. The SMILES string of the molecule is C=C[C@]1(C)C[C@@H](OC(=O)CSc2cccnn2)[C@]2(C)[C@H](C)CC[C@]3(CCC(=O)[C@H]32)[C@@H](C)[C@@H]1O. The summed E-state index contributed by atoms with van der Waals surface area (Å²) in [6, 6.07) is 3.59. The molecule has 0 unspecified atom stereocenters. The van der Waals surface area contributed by atoms with E-state index in [1.165, 1.54) is 11.8 Å². The van der Waals surface area contributed by atoms with Crippen LogP contribution in [-0.2, 0) is 14.3 Å². The molecule has 0 saturated heterocycles. The van der Waals surface area contributed by atoms with E-state index in [-0.39, 0.29) is 40.7 Å². The average molecular weight is 473 g/mol. The van der Waals surface area contributed by atoms with E-state index in [0.29, 0.717) is 17.9 Å². The molecule has 3 aliphatic rings. The number of hydrogen-bond donors (Lipinski definition) is 1. The number of aliphatic hydroxyl groups excluding tert-OH is 1. The summed E-state index contributed by atoms with van der Waals surface area (Å²) in [6.07, 6.45) is 5.95. The van der Waals surface area contributed by atoms with Gasteiger partial charge in [-0.1, -0.05) is 45.5 Å². The third kappa shape index (κ3) is 3.85. The van der Waals surface area contributed by atoms with Gasteiger partial charge in [0.2, 0.25) is 0 Å². The topological polar surface area (TPSA) is 89.4 Å². The van der Waals surface area contributed by atoms with Gasteiger partial charge in [-0.2, -0.15) is 5.10 Å². The molecule has 33 heavy (non-hydrogen) atoms. The number of carbonyl (C=O) groups excluding carboxylic acids is 2. The van der Waals surface area contributed by atoms with Gasteiger partial charge in [0.05, 0.1) is 11.9 Å². The molecule has 180 valence electrons. The maximum absolute atomic E-state index is 13.4. The van der Waals surface area contributed by atoms with Crippen LogP contribution in [0.3, 0.4) is 0 Å². The Morgan fingerprint density at radius 3 is 2.79 bits per heavy atom. The molecule has 0 radical (unpaired) electrons. The monoisotopic (exact) mass is 472 g/mol. The smallest absolute Gasteiger partial charge is 0.316 e. The standard InChI is InChI=1S/C26H36N2O4S/c1-6-24(4)14-19(32-21(30)15-33-20-8-7-13-27-28-20)25(5)16(2)9-11-26(17(3)23(24)31)12-10-18(29)22(25)26/h6-8,13,16-17,19,22-23,31H,1,9-12,14-15H2,2-5H3/t16-,17+,19-,22+,23+,24-,25+,26+/m1/s1. The molecule has 3 saturated carbocycles. The first-order chi connectivity index (χ1) is 15.6. The van der Waals surface area contributed by atoms with Crippen LogP contribution in [0.4, 0.5) is 0 Å². The highest BCUT2D eigenvalue weighted by Crippen LogP contribution is 2.68. The van der Waals surface area contributed by atoms with Crippen molar-refractivity contribution in [3.63, 3.8) is 0 Å². The fourth-order valence-electron chi connectivity index (χ4n) is 7.19. The van der Waals surface area contributed by atoms with Crippen LogP contribution < -0.4 is 0 Å². The maximum Gasteiger partial charge on any atom is 0.316 e. The normalized spacial score (nSPS) is 42.7. The van der Waals surface area contributed by atoms with Crippen molar-refractivity contribution in [1.29, 1.82) is 0 Å². The second kappa shape index (κ2) is 8.81. The Hall–Kier alpha value is -1.73. The van der Waals surface area contributed by atoms with Crippen LogP contribution in [0.1, 0.15) is 59.8 Å². The van der Waals surface area contributed by atoms with E-state index in [1.54, 1.807) is 12.3 Å². The number of aromatic nitrogens is 2. The Morgan fingerprint density at radius 2 is 2.12 bits per heavy atom.